The highest BCUT2D eigenvalue weighted by Gasteiger charge is 2.21. The number of thioether (sulfide) groups is 1. The zero-order valence-electron chi connectivity index (χ0n) is 22.9. The molecular formula is C30H36N6O3S. The smallest absolute Gasteiger partial charge is 0.251 e. The molecule has 1 aromatic heterocycles. The molecule has 0 radical (unpaired) electrons. The third-order valence-electron chi connectivity index (χ3n) is 7.19. The van der Waals surface area contributed by atoms with Crippen LogP contribution >= 0.6 is 11.8 Å². The Morgan fingerprint density at radius 2 is 1.70 bits per heavy atom. The van der Waals surface area contributed by atoms with E-state index >= 15 is 0 Å². The van der Waals surface area contributed by atoms with Crippen molar-refractivity contribution in [3.8, 4) is 11.3 Å². The minimum absolute atomic E-state index is 0.0607. The molecule has 1 N–H and O–H groups in total. The number of carbonyl (C=O) groups excluding carboxylic acids is 2. The number of nitrogens with one attached hydrogen (secondary N) is 1. The van der Waals surface area contributed by atoms with E-state index in [2.05, 4.69) is 27.2 Å². The molecule has 0 atom stereocenters. The highest BCUT2D eigenvalue weighted by Crippen LogP contribution is 2.28. The summed E-state index contributed by atoms with van der Waals surface area (Å²) in [7, 11) is 0. The standard InChI is InChI=1S/C30H36N6O3S/c1-23(37)35-12-14-36(15-13-35)28-21-27(25-7-3-2-4-8-25)32-30(33-28)40-22-24-6-5-9-26(20-24)29(38)31-10-11-34-16-18-39-19-17-34/h2-9,20-21H,10-19,22H2,1H3,(H,31,38). The number of piperazine rings is 1. The number of ether oxygens (including phenoxy) is 1. The van der Waals surface area contributed by atoms with Crippen LogP contribution in [0, 0.1) is 0 Å². The van der Waals surface area contributed by atoms with E-state index in [1.165, 1.54) is 0 Å². The van der Waals surface area contributed by atoms with Crippen molar-refractivity contribution in [2.24, 2.45) is 0 Å². The first-order valence-corrected chi connectivity index (χ1v) is 14.8. The van der Waals surface area contributed by atoms with Gasteiger partial charge in [-0.1, -0.05) is 54.2 Å². The molecule has 3 heterocycles. The molecule has 2 amide bonds. The number of carbonyl (C=O) groups is 2. The molecule has 5 rings (SSSR count). The van der Waals surface area contributed by atoms with Gasteiger partial charge in [0.25, 0.3) is 5.91 Å². The van der Waals surface area contributed by atoms with Gasteiger partial charge in [0, 0.05) is 82.2 Å². The Labute approximate surface area is 239 Å². The Hall–Kier alpha value is -3.47. The molecule has 210 valence electrons. The molecule has 40 heavy (non-hydrogen) atoms. The molecule has 10 heteroatoms. The number of benzene rings is 2. The zero-order valence-corrected chi connectivity index (χ0v) is 23.7. The highest BCUT2D eigenvalue weighted by atomic mass is 32.2. The molecule has 0 spiro atoms. The molecular weight excluding hydrogens is 524 g/mol. The monoisotopic (exact) mass is 560 g/mol. The molecule has 0 aliphatic carbocycles. The van der Waals surface area contributed by atoms with Gasteiger partial charge in [-0.2, -0.15) is 0 Å². The van der Waals surface area contributed by atoms with Gasteiger partial charge in [-0.05, 0) is 17.7 Å². The lowest BCUT2D eigenvalue weighted by Gasteiger charge is -2.35. The topological polar surface area (TPSA) is 90.9 Å². The van der Waals surface area contributed by atoms with Crippen molar-refractivity contribution in [3.63, 3.8) is 0 Å². The zero-order chi connectivity index (χ0) is 27.7. The predicted molar refractivity (Wildman–Crippen MR) is 158 cm³/mol. The van der Waals surface area contributed by atoms with Gasteiger partial charge < -0.3 is 19.9 Å². The summed E-state index contributed by atoms with van der Waals surface area (Å²) >= 11 is 1.56. The van der Waals surface area contributed by atoms with Crippen LogP contribution in [0.4, 0.5) is 5.82 Å². The fourth-order valence-corrected chi connectivity index (χ4v) is 5.65. The Balaban J connectivity index is 1.25. The summed E-state index contributed by atoms with van der Waals surface area (Å²) in [5, 5.41) is 3.73. The summed E-state index contributed by atoms with van der Waals surface area (Å²) in [5.74, 6) is 1.56. The van der Waals surface area contributed by atoms with Crippen molar-refractivity contribution in [2.45, 2.75) is 17.8 Å². The molecule has 2 fully saturated rings. The van der Waals surface area contributed by atoms with E-state index in [4.69, 9.17) is 14.7 Å². The van der Waals surface area contributed by atoms with E-state index in [1.807, 2.05) is 53.4 Å². The molecule has 0 unspecified atom stereocenters. The van der Waals surface area contributed by atoms with E-state index in [0.717, 1.165) is 68.6 Å². The van der Waals surface area contributed by atoms with E-state index in [9.17, 15) is 9.59 Å². The number of nitrogens with zero attached hydrogens (tertiary/aromatic N) is 5. The van der Waals surface area contributed by atoms with Crippen molar-refractivity contribution in [1.82, 2.24) is 25.1 Å². The first-order chi connectivity index (χ1) is 19.5. The van der Waals surface area contributed by atoms with Crippen molar-refractivity contribution in [1.29, 1.82) is 0 Å². The van der Waals surface area contributed by atoms with E-state index in [-0.39, 0.29) is 11.8 Å². The lowest BCUT2D eigenvalue weighted by molar-refractivity contribution is -0.129. The number of hydrogen-bond acceptors (Lipinski definition) is 8. The van der Waals surface area contributed by atoms with Gasteiger partial charge in [0.15, 0.2) is 5.16 Å². The molecule has 2 aliphatic rings. The average Bonchev–Trinajstić information content (AvgIpc) is 3.01. The van der Waals surface area contributed by atoms with Crippen LogP contribution in [-0.4, -0.2) is 97.2 Å². The van der Waals surface area contributed by atoms with Gasteiger partial charge in [0.1, 0.15) is 5.82 Å². The highest BCUT2D eigenvalue weighted by molar-refractivity contribution is 7.98. The average molecular weight is 561 g/mol. The van der Waals surface area contributed by atoms with Crippen LogP contribution in [0.25, 0.3) is 11.3 Å². The third kappa shape index (κ3) is 7.59. The lowest BCUT2D eigenvalue weighted by atomic mass is 10.1. The number of hydrogen-bond donors (Lipinski definition) is 1. The molecule has 0 saturated carbocycles. The number of morpholine rings is 1. The molecule has 2 saturated heterocycles. The Morgan fingerprint density at radius 1 is 0.925 bits per heavy atom. The van der Waals surface area contributed by atoms with Gasteiger partial charge in [-0.15, -0.1) is 0 Å². The number of rotatable bonds is 9. The van der Waals surface area contributed by atoms with Crippen LogP contribution in [0.5, 0.6) is 0 Å². The maximum absolute atomic E-state index is 12.8. The minimum Gasteiger partial charge on any atom is -0.379 e. The lowest BCUT2D eigenvalue weighted by Crippen LogP contribution is -2.48. The third-order valence-corrected chi connectivity index (χ3v) is 8.10. The second kappa shape index (κ2) is 13.7. The Kier molecular flexibility index (Phi) is 9.64. The van der Waals surface area contributed by atoms with Gasteiger partial charge >= 0.3 is 0 Å². The van der Waals surface area contributed by atoms with Crippen molar-refractivity contribution < 1.29 is 14.3 Å². The Morgan fingerprint density at radius 3 is 2.45 bits per heavy atom. The van der Waals surface area contributed by atoms with Gasteiger partial charge in [-0.25, -0.2) is 9.97 Å². The maximum atomic E-state index is 12.8. The molecule has 2 aromatic carbocycles. The van der Waals surface area contributed by atoms with Crippen LogP contribution < -0.4 is 10.2 Å². The van der Waals surface area contributed by atoms with Crippen LogP contribution in [-0.2, 0) is 15.3 Å². The van der Waals surface area contributed by atoms with Crippen LogP contribution in [0.1, 0.15) is 22.8 Å². The van der Waals surface area contributed by atoms with Gasteiger partial charge in [-0.3, -0.25) is 14.5 Å². The van der Waals surface area contributed by atoms with Crippen LogP contribution in [0.2, 0.25) is 0 Å². The predicted octanol–water partition coefficient (Wildman–Crippen LogP) is 3.17. The van der Waals surface area contributed by atoms with Gasteiger partial charge in [0.05, 0.1) is 18.9 Å². The summed E-state index contributed by atoms with van der Waals surface area (Å²) in [5.41, 5.74) is 3.60. The summed E-state index contributed by atoms with van der Waals surface area (Å²) in [4.78, 5) is 40.7. The van der Waals surface area contributed by atoms with Gasteiger partial charge in [0.2, 0.25) is 5.91 Å². The maximum Gasteiger partial charge on any atom is 0.251 e. The number of amides is 2. The summed E-state index contributed by atoms with van der Waals surface area (Å²) in [6, 6.07) is 19.9. The second-order valence-electron chi connectivity index (χ2n) is 9.95. The second-order valence-corrected chi connectivity index (χ2v) is 10.9. The fraction of sp³-hybridized carbons (Fsp3) is 0.400. The van der Waals surface area contributed by atoms with E-state index < -0.39 is 0 Å². The quantitative estimate of drug-likeness (QED) is 0.315. The van der Waals surface area contributed by atoms with Crippen molar-refractivity contribution in [3.05, 3.63) is 71.8 Å². The van der Waals surface area contributed by atoms with Crippen molar-refractivity contribution in [2.75, 3.05) is 70.5 Å². The largest absolute Gasteiger partial charge is 0.379 e. The van der Waals surface area contributed by atoms with E-state index in [1.54, 1.807) is 18.7 Å². The van der Waals surface area contributed by atoms with Crippen LogP contribution in [0.15, 0.2) is 65.8 Å². The first kappa shape index (κ1) is 28.1. The summed E-state index contributed by atoms with van der Waals surface area (Å²) in [6.07, 6.45) is 0. The first-order valence-electron chi connectivity index (χ1n) is 13.8. The fourth-order valence-electron chi connectivity index (χ4n) is 4.85. The summed E-state index contributed by atoms with van der Waals surface area (Å²) in [6.45, 7) is 9.22. The number of aromatic nitrogens is 2. The molecule has 2 aliphatic heterocycles. The Bertz CT molecular complexity index is 1290. The summed E-state index contributed by atoms with van der Waals surface area (Å²) < 4.78 is 5.39. The minimum atomic E-state index is -0.0607. The van der Waals surface area contributed by atoms with E-state index in [0.29, 0.717) is 36.1 Å². The molecule has 3 aromatic rings. The molecule has 0 bridgehead atoms. The van der Waals surface area contributed by atoms with Crippen LogP contribution in [0.3, 0.4) is 0 Å². The normalized spacial score (nSPS) is 16.1. The van der Waals surface area contributed by atoms with Crippen molar-refractivity contribution >= 4 is 29.4 Å². The number of anilines is 1. The SMILES string of the molecule is CC(=O)N1CCN(c2cc(-c3ccccc3)nc(SCc3cccc(C(=O)NCCN4CCOCC4)c3)n2)CC1. The molecule has 9 nitrogen and oxygen atoms in total.